The molecular weight excluding hydrogens is 282 g/mol. The summed E-state index contributed by atoms with van der Waals surface area (Å²) in [6, 6.07) is 3.95. The van der Waals surface area contributed by atoms with Crippen molar-refractivity contribution >= 4 is 11.5 Å². The average Bonchev–Trinajstić information content (AvgIpc) is 2.84. The van der Waals surface area contributed by atoms with Crippen molar-refractivity contribution in [3.63, 3.8) is 0 Å². The topological polar surface area (TPSA) is 46.0 Å². The standard InChI is InChI=1S/C14H16F2N2OS/c1-14(2,3)13-12(20-18-17-13)10(19)7-8-5-4-6-9(15)11(8)16/h4-6,10,19H,7H2,1-3H3. The third kappa shape index (κ3) is 3.02. The minimum absolute atomic E-state index is 0.00343. The maximum absolute atomic E-state index is 13.6. The fourth-order valence-electron chi connectivity index (χ4n) is 1.94. The highest BCUT2D eigenvalue weighted by Crippen LogP contribution is 2.32. The predicted molar refractivity (Wildman–Crippen MR) is 73.6 cm³/mol. The Morgan fingerprint density at radius 2 is 2.00 bits per heavy atom. The summed E-state index contributed by atoms with van der Waals surface area (Å²) >= 11 is 1.09. The molecule has 20 heavy (non-hydrogen) atoms. The first-order valence-electron chi connectivity index (χ1n) is 6.24. The lowest BCUT2D eigenvalue weighted by Crippen LogP contribution is -2.16. The minimum Gasteiger partial charge on any atom is -0.387 e. The van der Waals surface area contributed by atoms with E-state index in [-0.39, 0.29) is 17.4 Å². The molecule has 1 atom stereocenters. The maximum Gasteiger partial charge on any atom is 0.162 e. The van der Waals surface area contributed by atoms with E-state index in [1.54, 1.807) is 0 Å². The second kappa shape index (κ2) is 5.54. The van der Waals surface area contributed by atoms with Crippen LogP contribution in [0.3, 0.4) is 0 Å². The summed E-state index contributed by atoms with van der Waals surface area (Å²) in [5, 5.41) is 14.3. The van der Waals surface area contributed by atoms with E-state index in [0.717, 1.165) is 17.6 Å². The first-order valence-corrected chi connectivity index (χ1v) is 7.01. The van der Waals surface area contributed by atoms with Gasteiger partial charge in [-0.3, -0.25) is 0 Å². The largest absolute Gasteiger partial charge is 0.387 e. The average molecular weight is 298 g/mol. The maximum atomic E-state index is 13.6. The SMILES string of the molecule is CC(C)(C)c1nnsc1C(O)Cc1cccc(F)c1F. The van der Waals surface area contributed by atoms with Gasteiger partial charge < -0.3 is 5.11 Å². The molecule has 1 aromatic carbocycles. The highest BCUT2D eigenvalue weighted by molar-refractivity contribution is 7.05. The molecular formula is C14H16F2N2OS. The van der Waals surface area contributed by atoms with Crippen LogP contribution in [0.1, 0.15) is 43.0 Å². The smallest absolute Gasteiger partial charge is 0.162 e. The van der Waals surface area contributed by atoms with Gasteiger partial charge in [-0.15, -0.1) is 5.10 Å². The summed E-state index contributed by atoms with van der Waals surface area (Å²) in [5.74, 6) is -1.82. The third-order valence-electron chi connectivity index (χ3n) is 2.97. The Kier molecular flexibility index (Phi) is 4.15. The van der Waals surface area contributed by atoms with Crippen LogP contribution in [0.2, 0.25) is 0 Å². The van der Waals surface area contributed by atoms with Gasteiger partial charge in [0.25, 0.3) is 0 Å². The monoisotopic (exact) mass is 298 g/mol. The van der Waals surface area contributed by atoms with Crippen LogP contribution in [0, 0.1) is 11.6 Å². The first-order chi connectivity index (χ1) is 9.30. The Bertz CT molecular complexity index is 607. The lowest BCUT2D eigenvalue weighted by Gasteiger charge is -2.19. The van der Waals surface area contributed by atoms with Gasteiger partial charge in [0, 0.05) is 11.8 Å². The van der Waals surface area contributed by atoms with Crippen LogP contribution in [-0.2, 0) is 11.8 Å². The Labute approximate surface area is 120 Å². The van der Waals surface area contributed by atoms with E-state index in [0.29, 0.717) is 10.6 Å². The van der Waals surface area contributed by atoms with Gasteiger partial charge in [0.1, 0.15) is 0 Å². The van der Waals surface area contributed by atoms with Crippen molar-refractivity contribution in [3.8, 4) is 0 Å². The molecule has 0 bridgehead atoms. The van der Waals surface area contributed by atoms with Crippen molar-refractivity contribution in [3.05, 3.63) is 46.0 Å². The van der Waals surface area contributed by atoms with E-state index in [9.17, 15) is 13.9 Å². The molecule has 2 aromatic rings. The van der Waals surface area contributed by atoms with Crippen molar-refractivity contribution < 1.29 is 13.9 Å². The third-order valence-corrected chi connectivity index (χ3v) is 3.80. The molecule has 0 saturated heterocycles. The molecule has 6 heteroatoms. The number of hydrogen-bond acceptors (Lipinski definition) is 4. The van der Waals surface area contributed by atoms with E-state index in [2.05, 4.69) is 9.59 Å². The number of aromatic nitrogens is 2. The zero-order valence-electron chi connectivity index (χ0n) is 11.5. The van der Waals surface area contributed by atoms with E-state index >= 15 is 0 Å². The Morgan fingerprint density at radius 1 is 1.30 bits per heavy atom. The number of benzene rings is 1. The van der Waals surface area contributed by atoms with Crippen molar-refractivity contribution in [1.82, 2.24) is 9.59 Å². The number of nitrogens with zero attached hydrogens (tertiary/aromatic N) is 2. The number of hydrogen-bond donors (Lipinski definition) is 1. The highest BCUT2D eigenvalue weighted by atomic mass is 32.1. The van der Waals surface area contributed by atoms with Crippen LogP contribution in [0.4, 0.5) is 8.78 Å². The van der Waals surface area contributed by atoms with Gasteiger partial charge in [0.05, 0.1) is 16.7 Å². The van der Waals surface area contributed by atoms with Gasteiger partial charge in [-0.25, -0.2) is 8.78 Å². The summed E-state index contributed by atoms with van der Waals surface area (Å²) in [4.78, 5) is 0.598. The molecule has 0 aliphatic heterocycles. The number of aliphatic hydroxyl groups is 1. The second-order valence-corrected chi connectivity index (χ2v) is 6.45. The van der Waals surface area contributed by atoms with Crippen molar-refractivity contribution in [2.75, 3.05) is 0 Å². The quantitative estimate of drug-likeness (QED) is 0.944. The zero-order chi connectivity index (χ0) is 14.9. The Morgan fingerprint density at radius 3 is 2.65 bits per heavy atom. The molecule has 0 fully saturated rings. The molecule has 0 spiro atoms. The molecule has 0 aliphatic rings. The lowest BCUT2D eigenvalue weighted by molar-refractivity contribution is 0.178. The van der Waals surface area contributed by atoms with Crippen LogP contribution < -0.4 is 0 Å². The van der Waals surface area contributed by atoms with Gasteiger partial charge in [-0.1, -0.05) is 37.4 Å². The highest BCUT2D eigenvalue weighted by Gasteiger charge is 2.27. The second-order valence-electron chi connectivity index (χ2n) is 5.67. The summed E-state index contributed by atoms with van der Waals surface area (Å²) in [7, 11) is 0. The molecule has 0 radical (unpaired) electrons. The lowest BCUT2D eigenvalue weighted by atomic mass is 9.89. The summed E-state index contributed by atoms with van der Waals surface area (Å²) in [5.41, 5.74) is 0.571. The molecule has 1 aromatic heterocycles. The van der Waals surface area contributed by atoms with Gasteiger partial charge in [0.2, 0.25) is 0 Å². The number of halogens is 2. The summed E-state index contributed by atoms with van der Waals surface area (Å²) in [6.45, 7) is 5.88. The van der Waals surface area contributed by atoms with Gasteiger partial charge in [-0.2, -0.15) is 0 Å². The van der Waals surface area contributed by atoms with Crippen molar-refractivity contribution in [2.24, 2.45) is 0 Å². The van der Waals surface area contributed by atoms with E-state index in [1.807, 2.05) is 20.8 Å². The fraction of sp³-hybridized carbons (Fsp3) is 0.429. The molecule has 3 nitrogen and oxygen atoms in total. The number of aliphatic hydroxyl groups excluding tert-OH is 1. The van der Waals surface area contributed by atoms with Crippen molar-refractivity contribution in [2.45, 2.75) is 38.7 Å². The zero-order valence-corrected chi connectivity index (χ0v) is 12.3. The molecule has 1 unspecified atom stereocenters. The molecule has 2 rings (SSSR count). The summed E-state index contributed by atoms with van der Waals surface area (Å²) in [6.07, 6.45) is -0.947. The normalized spacial score (nSPS) is 13.5. The Hall–Kier alpha value is -1.40. The van der Waals surface area contributed by atoms with Crippen molar-refractivity contribution in [1.29, 1.82) is 0 Å². The van der Waals surface area contributed by atoms with E-state index < -0.39 is 17.7 Å². The van der Waals surface area contributed by atoms with Crippen LogP contribution in [-0.4, -0.2) is 14.7 Å². The molecule has 1 heterocycles. The molecule has 1 N–H and O–H groups in total. The number of rotatable bonds is 3. The summed E-state index contributed by atoms with van der Waals surface area (Å²) < 4.78 is 30.6. The Balaban J connectivity index is 2.27. The first kappa shape index (κ1) is 15.0. The van der Waals surface area contributed by atoms with Crippen LogP contribution in [0.5, 0.6) is 0 Å². The minimum atomic E-state index is -0.944. The molecule has 0 amide bonds. The van der Waals surface area contributed by atoms with Crippen LogP contribution >= 0.6 is 11.5 Å². The van der Waals surface area contributed by atoms with Crippen LogP contribution in [0.15, 0.2) is 18.2 Å². The van der Waals surface area contributed by atoms with E-state index in [4.69, 9.17) is 0 Å². The predicted octanol–water partition coefficient (Wildman–Crippen LogP) is 3.39. The molecule has 0 saturated carbocycles. The molecule has 108 valence electrons. The molecule has 0 aliphatic carbocycles. The van der Waals surface area contributed by atoms with Gasteiger partial charge >= 0.3 is 0 Å². The van der Waals surface area contributed by atoms with Gasteiger partial charge in [-0.05, 0) is 23.2 Å². The van der Waals surface area contributed by atoms with E-state index in [1.165, 1.54) is 12.1 Å². The van der Waals surface area contributed by atoms with Crippen LogP contribution in [0.25, 0.3) is 0 Å². The fourth-order valence-corrected chi connectivity index (χ4v) is 2.79. The van der Waals surface area contributed by atoms with Gasteiger partial charge in [0.15, 0.2) is 11.6 Å².